The zero-order chi connectivity index (χ0) is 15.9. The van der Waals surface area contributed by atoms with Crippen molar-refractivity contribution in [3.63, 3.8) is 0 Å². The van der Waals surface area contributed by atoms with E-state index in [1.165, 1.54) is 38.5 Å². The standard InChI is InChI=1S/C22H20N2/c1-2-5-17-14-18(9-8-16(17)4-1)21-7-3-6-19-15-20-10-11-23-12-13-24(20)22(19)21/h1-9,14-15,23H,10-13H2. The smallest absolute Gasteiger partial charge is 0.0562 e. The summed E-state index contributed by atoms with van der Waals surface area (Å²) in [5, 5.41) is 7.47. The SMILES string of the molecule is c1ccc2cc(-c3cccc4cc5n(c34)CCNCC5)ccc2c1. The van der Waals surface area contributed by atoms with Gasteiger partial charge in [-0.15, -0.1) is 0 Å². The summed E-state index contributed by atoms with van der Waals surface area (Å²) >= 11 is 0. The van der Waals surface area contributed by atoms with Crippen LogP contribution in [-0.4, -0.2) is 17.7 Å². The molecule has 2 heteroatoms. The van der Waals surface area contributed by atoms with E-state index in [-0.39, 0.29) is 0 Å². The van der Waals surface area contributed by atoms with Gasteiger partial charge in [-0.3, -0.25) is 0 Å². The Balaban J connectivity index is 1.77. The number of nitrogens with one attached hydrogen (secondary N) is 1. The summed E-state index contributed by atoms with van der Waals surface area (Å²) in [6.07, 6.45) is 1.10. The summed E-state index contributed by atoms with van der Waals surface area (Å²) in [6.45, 7) is 3.16. The van der Waals surface area contributed by atoms with Gasteiger partial charge >= 0.3 is 0 Å². The molecule has 1 aliphatic heterocycles. The molecule has 0 aliphatic carbocycles. The van der Waals surface area contributed by atoms with Gasteiger partial charge in [0, 0.05) is 42.7 Å². The first-order chi connectivity index (χ1) is 11.9. The highest BCUT2D eigenvalue weighted by molar-refractivity contribution is 5.98. The number of hydrogen-bond donors (Lipinski definition) is 1. The van der Waals surface area contributed by atoms with Crippen molar-refractivity contribution in [3.05, 3.63) is 72.4 Å². The Morgan fingerprint density at radius 3 is 2.58 bits per heavy atom. The zero-order valence-electron chi connectivity index (χ0n) is 13.6. The normalized spacial score (nSPS) is 14.7. The third kappa shape index (κ3) is 2.15. The summed E-state index contributed by atoms with van der Waals surface area (Å²) in [7, 11) is 0. The minimum atomic E-state index is 1.04. The van der Waals surface area contributed by atoms with Crippen LogP contribution in [0.4, 0.5) is 0 Å². The third-order valence-electron chi connectivity index (χ3n) is 5.14. The van der Waals surface area contributed by atoms with Crippen molar-refractivity contribution in [1.29, 1.82) is 0 Å². The number of aromatic nitrogens is 1. The quantitative estimate of drug-likeness (QED) is 0.543. The number of para-hydroxylation sites is 1. The van der Waals surface area contributed by atoms with Gasteiger partial charge in [-0.1, -0.05) is 54.6 Å². The molecule has 5 rings (SSSR count). The van der Waals surface area contributed by atoms with Crippen LogP contribution in [0.5, 0.6) is 0 Å². The van der Waals surface area contributed by atoms with Crippen LogP contribution >= 0.6 is 0 Å². The fraction of sp³-hybridized carbons (Fsp3) is 0.182. The first kappa shape index (κ1) is 13.8. The van der Waals surface area contributed by atoms with E-state index in [1.807, 2.05) is 0 Å². The highest BCUT2D eigenvalue weighted by Gasteiger charge is 2.15. The van der Waals surface area contributed by atoms with Crippen LogP contribution in [-0.2, 0) is 13.0 Å². The van der Waals surface area contributed by atoms with E-state index in [4.69, 9.17) is 0 Å². The largest absolute Gasteiger partial charge is 0.343 e. The van der Waals surface area contributed by atoms with Crippen LogP contribution in [0.1, 0.15) is 5.69 Å². The maximum absolute atomic E-state index is 3.51. The van der Waals surface area contributed by atoms with Crippen LogP contribution in [0.2, 0.25) is 0 Å². The van der Waals surface area contributed by atoms with Gasteiger partial charge in [-0.25, -0.2) is 0 Å². The van der Waals surface area contributed by atoms with E-state index in [0.29, 0.717) is 0 Å². The highest BCUT2D eigenvalue weighted by Crippen LogP contribution is 2.33. The molecule has 1 aromatic heterocycles. The molecule has 118 valence electrons. The summed E-state index contributed by atoms with van der Waals surface area (Å²) < 4.78 is 2.51. The van der Waals surface area contributed by atoms with Gasteiger partial charge in [0.15, 0.2) is 0 Å². The Morgan fingerprint density at radius 1 is 0.750 bits per heavy atom. The Hall–Kier alpha value is -2.58. The van der Waals surface area contributed by atoms with Crippen molar-refractivity contribution in [2.24, 2.45) is 0 Å². The predicted molar refractivity (Wildman–Crippen MR) is 101 cm³/mol. The lowest BCUT2D eigenvalue weighted by molar-refractivity contribution is 0.658. The highest BCUT2D eigenvalue weighted by atomic mass is 15.0. The Bertz CT molecular complexity index is 1040. The van der Waals surface area contributed by atoms with Gasteiger partial charge in [-0.05, 0) is 28.5 Å². The van der Waals surface area contributed by atoms with Gasteiger partial charge in [0.25, 0.3) is 0 Å². The lowest BCUT2D eigenvalue weighted by Gasteiger charge is -2.11. The lowest BCUT2D eigenvalue weighted by atomic mass is 9.99. The molecule has 0 spiro atoms. The van der Waals surface area contributed by atoms with Gasteiger partial charge in [-0.2, -0.15) is 0 Å². The van der Waals surface area contributed by atoms with Crippen molar-refractivity contribution in [1.82, 2.24) is 9.88 Å². The molecule has 0 fully saturated rings. The minimum absolute atomic E-state index is 1.04. The molecule has 0 saturated heterocycles. The fourth-order valence-electron chi connectivity index (χ4n) is 3.96. The molecule has 0 radical (unpaired) electrons. The molecule has 0 bridgehead atoms. The Kier molecular flexibility index (Phi) is 3.17. The van der Waals surface area contributed by atoms with Crippen molar-refractivity contribution in [2.75, 3.05) is 13.1 Å². The maximum Gasteiger partial charge on any atom is 0.0562 e. The first-order valence-electron chi connectivity index (χ1n) is 8.71. The fourth-order valence-corrected chi connectivity index (χ4v) is 3.96. The van der Waals surface area contributed by atoms with Crippen molar-refractivity contribution in [3.8, 4) is 11.1 Å². The molecule has 2 nitrogen and oxygen atoms in total. The molecule has 4 aromatic rings. The van der Waals surface area contributed by atoms with Gasteiger partial charge in [0.2, 0.25) is 0 Å². The van der Waals surface area contributed by atoms with E-state index in [2.05, 4.69) is 76.6 Å². The molecular formula is C22H20N2. The van der Waals surface area contributed by atoms with Crippen LogP contribution in [0.15, 0.2) is 66.7 Å². The van der Waals surface area contributed by atoms with Gasteiger partial charge < -0.3 is 9.88 Å². The average molecular weight is 312 g/mol. The maximum atomic E-state index is 3.51. The van der Waals surface area contributed by atoms with Gasteiger partial charge in [0.1, 0.15) is 0 Å². The van der Waals surface area contributed by atoms with E-state index in [0.717, 1.165) is 26.1 Å². The van der Waals surface area contributed by atoms with Crippen LogP contribution in [0, 0.1) is 0 Å². The monoisotopic (exact) mass is 312 g/mol. The molecule has 24 heavy (non-hydrogen) atoms. The average Bonchev–Trinajstić information content (AvgIpc) is 2.83. The molecular weight excluding hydrogens is 292 g/mol. The predicted octanol–water partition coefficient (Wildman–Crippen LogP) is 4.61. The van der Waals surface area contributed by atoms with E-state index >= 15 is 0 Å². The Labute approximate surface area is 141 Å². The van der Waals surface area contributed by atoms with Crippen molar-refractivity contribution in [2.45, 2.75) is 13.0 Å². The lowest BCUT2D eigenvalue weighted by Crippen LogP contribution is -2.17. The molecule has 0 saturated carbocycles. The molecule has 3 aromatic carbocycles. The second kappa shape index (κ2) is 5.50. The zero-order valence-corrected chi connectivity index (χ0v) is 13.6. The van der Waals surface area contributed by atoms with Crippen LogP contribution in [0.25, 0.3) is 32.8 Å². The van der Waals surface area contributed by atoms with Crippen LogP contribution < -0.4 is 5.32 Å². The first-order valence-corrected chi connectivity index (χ1v) is 8.71. The molecule has 1 aliphatic rings. The van der Waals surface area contributed by atoms with Crippen molar-refractivity contribution < 1.29 is 0 Å². The number of benzene rings is 3. The second-order valence-electron chi connectivity index (χ2n) is 6.59. The summed E-state index contributed by atoms with van der Waals surface area (Å²) in [4.78, 5) is 0. The van der Waals surface area contributed by atoms with Gasteiger partial charge in [0.05, 0.1) is 5.52 Å². The third-order valence-corrected chi connectivity index (χ3v) is 5.14. The number of rotatable bonds is 1. The summed E-state index contributed by atoms with van der Waals surface area (Å²) in [5.74, 6) is 0. The molecule has 0 amide bonds. The number of nitrogens with zero attached hydrogens (tertiary/aromatic N) is 1. The molecule has 0 atom stereocenters. The van der Waals surface area contributed by atoms with E-state index in [1.54, 1.807) is 0 Å². The minimum Gasteiger partial charge on any atom is -0.343 e. The topological polar surface area (TPSA) is 17.0 Å². The summed E-state index contributed by atoms with van der Waals surface area (Å²) in [6, 6.07) is 24.5. The van der Waals surface area contributed by atoms with E-state index in [9.17, 15) is 0 Å². The van der Waals surface area contributed by atoms with Crippen LogP contribution in [0.3, 0.4) is 0 Å². The van der Waals surface area contributed by atoms with Crippen molar-refractivity contribution >= 4 is 21.7 Å². The molecule has 0 unspecified atom stereocenters. The second-order valence-corrected chi connectivity index (χ2v) is 6.59. The summed E-state index contributed by atoms with van der Waals surface area (Å²) in [5.41, 5.74) is 5.47. The van der Waals surface area contributed by atoms with E-state index < -0.39 is 0 Å². The molecule has 2 heterocycles. The number of hydrogen-bond acceptors (Lipinski definition) is 1. The Morgan fingerprint density at radius 2 is 1.62 bits per heavy atom. The number of fused-ring (bicyclic) bond motifs is 4. The molecule has 1 N–H and O–H groups in total.